The number of hydrogen-bond acceptors (Lipinski definition) is 2. The van der Waals surface area contributed by atoms with Crippen molar-refractivity contribution in [2.45, 2.75) is 99.8 Å². The topological polar surface area (TPSA) is 40.5 Å². The molecule has 2 radical (unpaired) electrons. The molecule has 0 aromatic heterocycles. The van der Waals surface area contributed by atoms with Gasteiger partial charge in [-0.3, -0.25) is 0 Å². The van der Waals surface area contributed by atoms with Crippen LogP contribution in [0.2, 0.25) is 8.87 Å². The Hall–Kier alpha value is 0.719. The van der Waals surface area contributed by atoms with Crippen molar-refractivity contribution < 1.29 is 10.2 Å². The monoisotopic (exact) mass is 410 g/mol. The van der Waals surface area contributed by atoms with Gasteiger partial charge >= 0.3 is 121 Å². The van der Waals surface area contributed by atoms with Crippen LogP contribution in [0.1, 0.15) is 90.9 Å². The zero-order valence-electron chi connectivity index (χ0n) is 15.3. The van der Waals surface area contributed by atoms with Crippen molar-refractivity contribution in [1.29, 1.82) is 0 Å². The van der Waals surface area contributed by atoms with Crippen molar-refractivity contribution >= 4 is 21.1 Å². The van der Waals surface area contributed by atoms with E-state index in [0.29, 0.717) is 0 Å². The number of unbranched alkanes of at least 4 members (excludes halogenated alkanes) is 10. The van der Waals surface area contributed by atoms with Crippen molar-refractivity contribution in [1.82, 2.24) is 0 Å². The van der Waals surface area contributed by atoms with Gasteiger partial charge in [0.2, 0.25) is 0 Å². The summed E-state index contributed by atoms with van der Waals surface area (Å²) in [6.07, 6.45) is 17.8. The normalized spacial score (nSPS) is 9.43. The first-order valence-corrected chi connectivity index (χ1v) is 13.1. The largest absolute Gasteiger partial charge is 0.400 e. The van der Waals surface area contributed by atoms with Crippen molar-refractivity contribution in [3.63, 3.8) is 0 Å². The number of aliphatic hydroxyl groups is 2. The SMILES string of the molecule is CCCCCCC[CH2][Sn][CH2]CCCCCCC.CO.CO. The summed E-state index contributed by atoms with van der Waals surface area (Å²) in [4.78, 5) is 0. The molecule has 0 aliphatic heterocycles. The van der Waals surface area contributed by atoms with Crippen molar-refractivity contribution in [2.75, 3.05) is 14.2 Å². The van der Waals surface area contributed by atoms with Crippen LogP contribution in [0.25, 0.3) is 0 Å². The smallest absolute Gasteiger partial charge is 0.0319 e. The molecule has 0 spiro atoms. The van der Waals surface area contributed by atoms with Gasteiger partial charge in [-0.1, -0.05) is 0 Å². The fraction of sp³-hybridized carbons (Fsp3) is 1.00. The van der Waals surface area contributed by atoms with Gasteiger partial charge in [0.25, 0.3) is 0 Å². The molecule has 0 heterocycles. The van der Waals surface area contributed by atoms with Gasteiger partial charge in [0.05, 0.1) is 0 Å². The van der Waals surface area contributed by atoms with Crippen molar-refractivity contribution in [3.8, 4) is 0 Å². The van der Waals surface area contributed by atoms with Crippen LogP contribution in [-0.2, 0) is 0 Å². The third kappa shape index (κ3) is 33.5. The van der Waals surface area contributed by atoms with Crippen LogP contribution in [0.3, 0.4) is 0 Å². The second-order valence-corrected chi connectivity index (χ2v) is 9.57. The molecule has 0 atom stereocenters. The minimum Gasteiger partial charge on any atom is -0.400 e. The number of rotatable bonds is 14. The third-order valence-electron chi connectivity index (χ3n) is 3.41. The van der Waals surface area contributed by atoms with Crippen LogP contribution in [0.4, 0.5) is 0 Å². The Morgan fingerprint density at radius 2 is 0.762 bits per heavy atom. The van der Waals surface area contributed by atoms with Crippen LogP contribution in [0.15, 0.2) is 0 Å². The Morgan fingerprint density at radius 3 is 1.10 bits per heavy atom. The maximum atomic E-state index is 7.00. The molecule has 0 aromatic rings. The van der Waals surface area contributed by atoms with E-state index in [0.717, 1.165) is 14.2 Å². The molecule has 0 saturated heterocycles. The van der Waals surface area contributed by atoms with Crippen molar-refractivity contribution in [3.05, 3.63) is 0 Å². The average Bonchev–Trinajstić information content (AvgIpc) is 2.56. The van der Waals surface area contributed by atoms with Gasteiger partial charge in [0.15, 0.2) is 0 Å². The molecule has 3 heteroatoms. The summed E-state index contributed by atoms with van der Waals surface area (Å²) in [5.74, 6) is 0. The Balaban J connectivity index is -0.000000739. The van der Waals surface area contributed by atoms with E-state index in [1.165, 1.54) is 64.2 Å². The Bertz CT molecular complexity index is 118. The third-order valence-corrected chi connectivity index (χ3v) is 7.45. The Labute approximate surface area is 145 Å². The van der Waals surface area contributed by atoms with E-state index in [-0.39, 0.29) is 21.1 Å². The standard InChI is InChI=1S/2C8H17.2CH4O.Sn/c2*1-3-5-7-8-6-4-2;2*1-2;/h2*1,3-8H2,2H3;2*2H,1H3;. The predicted molar refractivity (Wildman–Crippen MR) is 98.4 cm³/mol. The first kappa shape index (κ1) is 26.6. The van der Waals surface area contributed by atoms with Gasteiger partial charge in [0, 0.05) is 14.2 Å². The van der Waals surface area contributed by atoms with Crippen LogP contribution in [-0.4, -0.2) is 45.6 Å². The van der Waals surface area contributed by atoms with E-state index in [4.69, 9.17) is 10.2 Å². The number of aliphatic hydroxyl groups excluding tert-OH is 2. The first-order chi connectivity index (χ1) is 10.4. The fourth-order valence-corrected chi connectivity index (χ4v) is 5.75. The molecule has 0 fully saturated rings. The molecule has 0 bridgehead atoms. The molecular formula is C18H42O2Sn. The van der Waals surface area contributed by atoms with Crippen LogP contribution >= 0.6 is 0 Å². The summed E-state index contributed by atoms with van der Waals surface area (Å²) < 4.78 is 3.31. The first-order valence-electron chi connectivity index (χ1n) is 9.02. The average molecular weight is 409 g/mol. The van der Waals surface area contributed by atoms with E-state index < -0.39 is 0 Å². The van der Waals surface area contributed by atoms with Crippen LogP contribution in [0.5, 0.6) is 0 Å². The molecule has 130 valence electrons. The van der Waals surface area contributed by atoms with Crippen molar-refractivity contribution in [2.24, 2.45) is 0 Å². The zero-order chi connectivity index (χ0) is 16.6. The minimum atomic E-state index is 0.0736. The van der Waals surface area contributed by atoms with Crippen LogP contribution in [0, 0.1) is 0 Å². The molecule has 21 heavy (non-hydrogen) atoms. The summed E-state index contributed by atoms with van der Waals surface area (Å²) >= 11 is 0.0736. The van der Waals surface area contributed by atoms with Gasteiger partial charge in [-0.15, -0.1) is 0 Å². The summed E-state index contributed by atoms with van der Waals surface area (Å²) in [7, 11) is 2.00. The van der Waals surface area contributed by atoms with Gasteiger partial charge < -0.3 is 10.2 Å². The maximum absolute atomic E-state index is 7.00. The van der Waals surface area contributed by atoms with Gasteiger partial charge in [-0.2, -0.15) is 0 Å². The Kier molecular flexibility index (Phi) is 41.3. The van der Waals surface area contributed by atoms with Crippen LogP contribution < -0.4 is 0 Å². The molecule has 2 nitrogen and oxygen atoms in total. The summed E-state index contributed by atoms with van der Waals surface area (Å²) in [5, 5.41) is 14.0. The van der Waals surface area contributed by atoms with E-state index in [1.807, 2.05) is 0 Å². The molecule has 0 aliphatic rings. The van der Waals surface area contributed by atoms with E-state index in [9.17, 15) is 0 Å². The molecular weight excluding hydrogens is 367 g/mol. The summed E-state index contributed by atoms with van der Waals surface area (Å²) in [6.45, 7) is 4.60. The summed E-state index contributed by atoms with van der Waals surface area (Å²) in [6, 6.07) is 0. The predicted octanol–water partition coefficient (Wildman–Crippen LogP) is 5.47. The van der Waals surface area contributed by atoms with Gasteiger partial charge in [0.1, 0.15) is 0 Å². The minimum absolute atomic E-state index is 0.0736. The second-order valence-electron chi connectivity index (χ2n) is 5.29. The van der Waals surface area contributed by atoms with E-state index >= 15 is 0 Å². The number of hydrogen-bond donors (Lipinski definition) is 2. The summed E-state index contributed by atoms with van der Waals surface area (Å²) in [5.41, 5.74) is 0. The van der Waals surface area contributed by atoms with E-state index in [2.05, 4.69) is 13.8 Å². The fourth-order valence-electron chi connectivity index (χ4n) is 2.19. The van der Waals surface area contributed by atoms with Gasteiger partial charge in [-0.25, -0.2) is 0 Å². The quantitative estimate of drug-likeness (QED) is 0.295. The zero-order valence-corrected chi connectivity index (χ0v) is 18.1. The molecule has 0 aromatic carbocycles. The molecule has 0 aliphatic carbocycles. The Morgan fingerprint density at radius 1 is 0.476 bits per heavy atom. The molecule has 2 N–H and O–H groups in total. The second kappa shape index (κ2) is 32.6. The molecule has 0 rings (SSSR count). The molecule has 0 saturated carbocycles. The van der Waals surface area contributed by atoms with Gasteiger partial charge in [-0.05, 0) is 0 Å². The maximum Gasteiger partial charge on any atom is 0.0319 e. The molecule has 0 amide bonds. The molecule has 0 unspecified atom stereocenters. The van der Waals surface area contributed by atoms with E-state index in [1.54, 1.807) is 21.7 Å².